The van der Waals surface area contributed by atoms with Crippen molar-refractivity contribution in [1.82, 2.24) is 5.32 Å². The van der Waals surface area contributed by atoms with Gasteiger partial charge >= 0.3 is 5.97 Å². The van der Waals surface area contributed by atoms with Gasteiger partial charge in [-0.25, -0.2) is 0 Å². The summed E-state index contributed by atoms with van der Waals surface area (Å²) in [6.07, 6.45) is 7.52. The van der Waals surface area contributed by atoms with E-state index in [1.54, 1.807) is 0 Å². The molecule has 0 heterocycles. The van der Waals surface area contributed by atoms with Crippen molar-refractivity contribution in [2.24, 2.45) is 23.7 Å². The van der Waals surface area contributed by atoms with Crippen LogP contribution in [0, 0.1) is 23.7 Å². The van der Waals surface area contributed by atoms with Crippen molar-refractivity contribution < 1.29 is 14.7 Å². The zero-order valence-corrected chi connectivity index (χ0v) is 12.6. The van der Waals surface area contributed by atoms with Crippen LogP contribution in [0.3, 0.4) is 0 Å². The highest BCUT2D eigenvalue weighted by atomic mass is 16.4. The number of hydrogen-bond acceptors (Lipinski definition) is 2. The van der Waals surface area contributed by atoms with Gasteiger partial charge in [-0.05, 0) is 44.4 Å². The Morgan fingerprint density at radius 2 is 1.70 bits per heavy atom. The van der Waals surface area contributed by atoms with Crippen molar-refractivity contribution >= 4 is 11.9 Å². The van der Waals surface area contributed by atoms with Crippen molar-refractivity contribution in [3.8, 4) is 0 Å². The van der Waals surface area contributed by atoms with Crippen LogP contribution < -0.4 is 5.32 Å². The highest BCUT2D eigenvalue weighted by Gasteiger charge is 2.41. The van der Waals surface area contributed by atoms with Gasteiger partial charge in [-0.3, -0.25) is 9.59 Å². The molecule has 2 aliphatic rings. The topological polar surface area (TPSA) is 66.4 Å². The molecule has 3 unspecified atom stereocenters. The average molecular weight is 281 g/mol. The third-order valence-corrected chi connectivity index (χ3v) is 5.18. The van der Waals surface area contributed by atoms with E-state index in [2.05, 4.69) is 12.2 Å². The lowest BCUT2D eigenvalue weighted by Gasteiger charge is -2.29. The number of hydrogen-bond donors (Lipinski definition) is 2. The molecular weight excluding hydrogens is 254 g/mol. The Balaban J connectivity index is 1.91. The maximum Gasteiger partial charge on any atom is 0.307 e. The molecule has 0 bridgehead atoms. The lowest BCUT2D eigenvalue weighted by Crippen LogP contribution is -2.43. The molecule has 0 aromatic heterocycles. The summed E-state index contributed by atoms with van der Waals surface area (Å²) in [6.45, 7) is 4.11. The predicted octanol–water partition coefficient (Wildman–Crippen LogP) is 2.82. The maximum absolute atomic E-state index is 12.4. The first-order valence-electron chi connectivity index (χ1n) is 8.02. The third kappa shape index (κ3) is 3.53. The summed E-state index contributed by atoms with van der Waals surface area (Å²) in [7, 11) is 0. The first kappa shape index (κ1) is 15.3. The minimum atomic E-state index is -0.820. The van der Waals surface area contributed by atoms with Crippen LogP contribution >= 0.6 is 0 Å². The molecule has 4 atom stereocenters. The number of carboxylic acids is 1. The highest BCUT2D eigenvalue weighted by Crippen LogP contribution is 2.37. The van der Waals surface area contributed by atoms with Crippen LogP contribution in [0.5, 0.6) is 0 Å². The van der Waals surface area contributed by atoms with Crippen molar-refractivity contribution in [1.29, 1.82) is 0 Å². The van der Waals surface area contributed by atoms with Crippen molar-refractivity contribution in [3.63, 3.8) is 0 Å². The van der Waals surface area contributed by atoms with E-state index in [1.165, 1.54) is 32.1 Å². The van der Waals surface area contributed by atoms with Crippen LogP contribution in [0.15, 0.2) is 0 Å². The second-order valence-corrected chi connectivity index (χ2v) is 6.82. The monoisotopic (exact) mass is 281 g/mol. The van der Waals surface area contributed by atoms with Gasteiger partial charge in [0, 0.05) is 6.04 Å². The van der Waals surface area contributed by atoms with Crippen LogP contribution in [0.25, 0.3) is 0 Å². The van der Waals surface area contributed by atoms with Crippen molar-refractivity contribution in [2.75, 3.05) is 0 Å². The average Bonchev–Trinajstić information content (AvgIpc) is 2.82. The van der Waals surface area contributed by atoms with E-state index in [0.29, 0.717) is 24.7 Å². The largest absolute Gasteiger partial charge is 0.481 e. The van der Waals surface area contributed by atoms with Gasteiger partial charge < -0.3 is 10.4 Å². The van der Waals surface area contributed by atoms with Gasteiger partial charge in [0.15, 0.2) is 0 Å². The zero-order valence-electron chi connectivity index (χ0n) is 12.6. The lowest BCUT2D eigenvalue weighted by atomic mass is 9.84. The number of carbonyl (C=O) groups is 2. The molecule has 2 rings (SSSR count). The molecule has 1 amide bonds. The zero-order chi connectivity index (χ0) is 14.7. The fraction of sp³-hybridized carbons (Fsp3) is 0.875. The normalized spacial score (nSPS) is 32.8. The molecule has 2 saturated carbocycles. The van der Waals surface area contributed by atoms with Crippen LogP contribution in [0.2, 0.25) is 0 Å². The molecule has 4 nitrogen and oxygen atoms in total. The summed E-state index contributed by atoms with van der Waals surface area (Å²) < 4.78 is 0. The van der Waals surface area contributed by atoms with E-state index >= 15 is 0 Å². The molecule has 2 aliphatic carbocycles. The van der Waals surface area contributed by atoms with Crippen LogP contribution in [0.4, 0.5) is 0 Å². The van der Waals surface area contributed by atoms with Crippen LogP contribution in [-0.2, 0) is 9.59 Å². The Morgan fingerprint density at radius 3 is 2.30 bits per heavy atom. The molecule has 0 radical (unpaired) electrons. The van der Waals surface area contributed by atoms with Crippen molar-refractivity contribution in [3.05, 3.63) is 0 Å². The van der Waals surface area contributed by atoms with Crippen LogP contribution in [0.1, 0.15) is 58.8 Å². The number of rotatable bonds is 4. The molecule has 4 heteroatoms. The summed E-state index contributed by atoms with van der Waals surface area (Å²) in [5.41, 5.74) is 0. The Morgan fingerprint density at radius 1 is 1.10 bits per heavy atom. The van der Waals surface area contributed by atoms with E-state index in [1.807, 2.05) is 6.92 Å². The first-order valence-corrected chi connectivity index (χ1v) is 8.02. The summed E-state index contributed by atoms with van der Waals surface area (Å²) in [5, 5.41) is 12.3. The van der Waals surface area contributed by atoms with Gasteiger partial charge in [0.1, 0.15) is 0 Å². The fourth-order valence-corrected chi connectivity index (χ4v) is 3.94. The Bertz CT molecular complexity index is 363. The number of aliphatic carboxylic acids is 1. The summed E-state index contributed by atoms with van der Waals surface area (Å²) >= 11 is 0. The Labute approximate surface area is 121 Å². The van der Waals surface area contributed by atoms with E-state index in [4.69, 9.17) is 0 Å². The van der Waals surface area contributed by atoms with Gasteiger partial charge in [0.2, 0.25) is 5.91 Å². The molecular formula is C16H27NO3. The van der Waals surface area contributed by atoms with Gasteiger partial charge in [-0.2, -0.15) is 0 Å². The molecule has 0 aliphatic heterocycles. The molecule has 114 valence electrons. The van der Waals surface area contributed by atoms with Gasteiger partial charge in [0.25, 0.3) is 0 Å². The molecule has 0 saturated heterocycles. The number of carbonyl (C=O) groups excluding carboxylic acids is 1. The Kier molecular flexibility index (Phi) is 5.06. The maximum atomic E-state index is 12.4. The SMILES string of the molecule is CC1CC(C(=O)O)C(C(=O)N[C@H](C)C2CCCCC2)C1. The van der Waals surface area contributed by atoms with Crippen LogP contribution in [-0.4, -0.2) is 23.0 Å². The number of amides is 1. The minimum absolute atomic E-state index is 0.0418. The summed E-state index contributed by atoms with van der Waals surface area (Å²) in [6, 6.07) is 0.174. The van der Waals surface area contributed by atoms with E-state index < -0.39 is 11.9 Å². The quantitative estimate of drug-likeness (QED) is 0.832. The predicted molar refractivity (Wildman–Crippen MR) is 77.2 cm³/mol. The van der Waals surface area contributed by atoms with Gasteiger partial charge in [0.05, 0.1) is 11.8 Å². The van der Waals surface area contributed by atoms with E-state index in [-0.39, 0.29) is 17.9 Å². The Hall–Kier alpha value is -1.06. The highest BCUT2D eigenvalue weighted by molar-refractivity contribution is 5.85. The molecule has 2 N–H and O–H groups in total. The van der Waals surface area contributed by atoms with Gasteiger partial charge in [-0.1, -0.05) is 26.2 Å². The number of carboxylic acid groups (broad SMARTS) is 1. The lowest BCUT2D eigenvalue weighted by molar-refractivity contribution is -0.146. The van der Waals surface area contributed by atoms with Crippen molar-refractivity contribution in [2.45, 2.75) is 64.8 Å². The van der Waals surface area contributed by atoms with E-state index in [0.717, 1.165) is 0 Å². The van der Waals surface area contributed by atoms with E-state index in [9.17, 15) is 14.7 Å². The molecule has 0 spiro atoms. The smallest absolute Gasteiger partial charge is 0.307 e. The third-order valence-electron chi connectivity index (χ3n) is 5.18. The standard InChI is InChI=1S/C16H27NO3/c1-10-8-13(14(9-10)16(19)20)15(18)17-11(2)12-6-4-3-5-7-12/h10-14H,3-9H2,1-2H3,(H,17,18)(H,19,20)/t10?,11-,13?,14?/m1/s1. The second kappa shape index (κ2) is 6.59. The van der Waals surface area contributed by atoms with Gasteiger partial charge in [-0.15, -0.1) is 0 Å². The molecule has 0 aromatic rings. The second-order valence-electron chi connectivity index (χ2n) is 6.82. The first-order chi connectivity index (χ1) is 9.49. The minimum Gasteiger partial charge on any atom is -0.481 e. The fourth-order valence-electron chi connectivity index (χ4n) is 3.94. The number of nitrogens with one attached hydrogen (secondary N) is 1. The summed E-state index contributed by atoms with van der Waals surface area (Å²) in [4.78, 5) is 23.7. The molecule has 0 aromatic carbocycles. The molecule has 2 fully saturated rings. The molecule has 20 heavy (non-hydrogen) atoms. The summed E-state index contributed by atoms with van der Waals surface area (Å²) in [5.74, 6) is -0.802.